The number of nitrogens with zero attached hydrogens (tertiary/aromatic N) is 1. The maximum atomic E-state index is 12.7. The maximum Gasteiger partial charge on any atom is 0.329 e. The molecule has 1 saturated carbocycles. The minimum atomic E-state index is -1.16. The summed E-state index contributed by atoms with van der Waals surface area (Å²) in [7, 11) is 1.52. The third kappa shape index (κ3) is 3.44. The highest BCUT2D eigenvalue weighted by atomic mass is 16.4. The number of nitrogens with one attached hydrogen (secondary N) is 1. The van der Waals surface area contributed by atoms with Gasteiger partial charge in [0, 0.05) is 18.3 Å². The number of carbonyl (C=O) groups is 3. The van der Waals surface area contributed by atoms with Crippen molar-refractivity contribution in [3.63, 3.8) is 0 Å². The van der Waals surface area contributed by atoms with Crippen molar-refractivity contribution in [1.82, 2.24) is 4.90 Å². The second-order valence-electron chi connectivity index (χ2n) is 5.83. The molecule has 4 N–H and O–H groups in total. The van der Waals surface area contributed by atoms with E-state index in [-0.39, 0.29) is 5.91 Å². The number of nitrogens with two attached hydrogens (primary N) is 1. The fourth-order valence-corrected chi connectivity index (χ4v) is 3.09. The van der Waals surface area contributed by atoms with Gasteiger partial charge in [-0.05, 0) is 31.0 Å². The molecule has 0 unspecified atom stereocenters. The Hall–Kier alpha value is -2.57. The number of anilines is 1. The maximum absolute atomic E-state index is 12.7. The lowest BCUT2D eigenvalue weighted by Crippen LogP contribution is -2.56. The Morgan fingerprint density at radius 2 is 1.87 bits per heavy atom. The molecule has 1 aromatic rings. The molecule has 124 valence electrons. The van der Waals surface area contributed by atoms with Gasteiger partial charge >= 0.3 is 12.0 Å². The summed E-state index contributed by atoms with van der Waals surface area (Å²) in [6.07, 6.45) is 3.45. The molecule has 0 bridgehead atoms. The highest BCUT2D eigenvalue weighted by Crippen LogP contribution is 2.34. The number of urea groups is 1. The van der Waals surface area contributed by atoms with Crippen molar-refractivity contribution in [3.05, 3.63) is 29.8 Å². The number of carboxylic acid groups (broad SMARTS) is 1. The van der Waals surface area contributed by atoms with Gasteiger partial charge in [-0.25, -0.2) is 9.59 Å². The molecule has 0 aromatic heterocycles. The lowest BCUT2D eigenvalue weighted by molar-refractivity contribution is -0.151. The summed E-state index contributed by atoms with van der Waals surface area (Å²) in [6.45, 7) is 0. The number of carboxylic acids is 1. The number of hydrogen-bond acceptors (Lipinski definition) is 3. The van der Waals surface area contributed by atoms with Crippen molar-refractivity contribution in [2.75, 3.05) is 12.4 Å². The number of rotatable bonds is 4. The number of likely N-dealkylation sites (N-methyl/N-ethyl adjacent to an activating group) is 1. The number of hydrogen-bond donors (Lipinski definition) is 3. The van der Waals surface area contributed by atoms with E-state index in [1.807, 2.05) is 0 Å². The number of benzene rings is 1. The molecule has 7 nitrogen and oxygen atoms in total. The molecule has 2 rings (SSSR count). The molecule has 0 radical (unpaired) electrons. The minimum absolute atomic E-state index is 0.310. The molecule has 0 atom stereocenters. The van der Waals surface area contributed by atoms with Crippen LogP contribution in [0.15, 0.2) is 24.3 Å². The van der Waals surface area contributed by atoms with E-state index in [1.165, 1.54) is 18.0 Å². The second kappa shape index (κ2) is 6.68. The monoisotopic (exact) mass is 319 g/mol. The van der Waals surface area contributed by atoms with Crippen LogP contribution in [0.3, 0.4) is 0 Å². The van der Waals surface area contributed by atoms with Gasteiger partial charge in [-0.15, -0.1) is 0 Å². The topological polar surface area (TPSA) is 113 Å². The number of amides is 3. The van der Waals surface area contributed by atoms with Gasteiger partial charge in [0.05, 0.1) is 0 Å². The van der Waals surface area contributed by atoms with Crippen molar-refractivity contribution < 1.29 is 19.5 Å². The third-order valence-electron chi connectivity index (χ3n) is 4.40. The normalized spacial score (nSPS) is 16.4. The Bertz CT molecular complexity index is 624. The summed E-state index contributed by atoms with van der Waals surface area (Å²) < 4.78 is 0. The Morgan fingerprint density at radius 3 is 2.43 bits per heavy atom. The van der Waals surface area contributed by atoms with Crippen LogP contribution in [0.2, 0.25) is 0 Å². The van der Waals surface area contributed by atoms with Crippen LogP contribution in [-0.2, 0) is 4.79 Å². The average Bonchev–Trinajstić information content (AvgIpc) is 2.53. The van der Waals surface area contributed by atoms with E-state index >= 15 is 0 Å². The summed E-state index contributed by atoms with van der Waals surface area (Å²) in [4.78, 5) is 36.7. The molecule has 1 fully saturated rings. The fourth-order valence-electron chi connectivity index (χ4n) is 3.09. The second-order valence-corrected chi connectivity index (χ2v) is 5.83. The molecular weight excluding hydrogens is 298 g/mol. The predicted molar refractivity (Wildman–Crippen MR) is 85.2 cm³/mol. The summed E-state index contributed by atoms with van der Waals surface area (Å²) in [5.41, 5.74) is 4.60. The van der Waals surface area contributed by atoms with Gasteiger partial charge in [0.2, 0.25) is 0 Å². The van der Waals surface area contributed by atoms with Gasteiger partial charge in [-0.1, -0.05) is 25.3 Å². The molecule has 7 heteroatoms. The summed E-state index contributed by atoms with van der Waals surface area (Å²) in [6, 6.07) is 5.57. The van der Waals surface area contributed by atoms with Crippen molar-refractivity contribution >= 4 is 23.6 Å². The molecule has 0 spiro atoms. The Morgan fingerprint density at radius 1 is 1.22 bits per heavy atom. The number of carbonyl (C=O) groups excluding carboxylic acids is 2. The summed E-state index contributed by atoms with van der Waals surface area (Å²) >= 11 is 0. The molecule has 3 amide bonds. The van der Waals surface area contributed by atoms with E-state index in [0.717, 1.165) is 19.3 Å². The Balaban J connectivity index is 2.27. The first-order valence-corrected chi connectivity index (χ1v) is 7.55. The zero-order valence-corrected chi connectivity index (χ0v) is 13.0. The molecule has 1 aliphatic carbocycles. The SMILES string of the molecule is CN(C(=O)c1cccc(NC(N)=O)c1)C1(C(=O)O)CCCCC1. The van der Waals surface area contributed by atoms with Crippen molar-refractivity contribution in [1.29, 1.82) is 0 Å². The highest BCUT2D eigenvalue weighted by molar-refractivity contribution is 5.99. The molecule has 1 aromatic carbocycles. The lowest BCUT2D eigenvalue weighted by atomic mass is 9.80. The third-order valence-corrected chi connectivity index (χ3v) is 4.40. The van der Waals surface area contributed by atoms with E-state index in [2.05, 4.69) is 5.32 Å². The fraction of sp³-hybridized carbons (Fsp3) is 0.438. The Kier molecular flexibility index (Phi) is 4.88. The number of aliphatic carboxylic acids is 1. The van der Waals surface area contributed by atoms with Crippen molar-refractivity contribution in [3.8, 4) is 0 Å². The van der Waals surface area contributed by atoms with Crippen molar-refractivity contribution in [2.24, 2.45) is 5.73 Å². The van der Waals surface area contributed by atoms with Gasteiger partial charge in [-0.3, -0.25) is 4.79 Å². The molecule has 0 aliphatic heterocycles. The van der Waals surface area contributed by atoms with Gasteiger partial charge in [0.1, 0.15) is 5.54 Å². The highest BCUT2D eigenvalue weighted by Gasteiger charge is 2.45. The van der Waals surface area contributed by atoms with Crippen LogP contribution in [0, 0.1) is 0 Å². The van der Waals surface area contributed by atoms with E-state index < -0.39 is 17.5 Å². The first kappa shape index (κ1) is 16.8. The first-order valence-electron chi connectivity index (χ1n) is 7.55. The quantitative estimate of drug-likeness (QED) is 0.788. The van der Waals surface area contributed by atoms with E-state index in [9.17, 15) is 19.5 Å². The van der Waals surface area contributed by atoms with Crippen LogP contribution >= 0.6 is 0 Å². The van der Waals surface area contributed by atoms with Crippen LogP contribution in [0.25, 0.3) is 0 Å². The van der Waals surface area contributed by atoms with Crippen LogP contribution < -0.4 is 11.1 Å². The van der Waals surface area contributed by atoms with E-state index in [0.29, 0.717) is 24.1 Å². The van der Waals surface area contributed by atoms with E-state index in [4.69, 9.17) is 5.73 Å². The van der Waals surface area contributed by atoms with Crippen LogP contribution in [-0.4, -0.2) is 40.5 Å². The number of primary amides is 1. The molecule has 23 heavy (non-hydrogen) atoms. The van der Waals surface area contributed by atoms with Gasteiger partial charge in [-0.2, -0.15) is 0 Å². The molecule has 1 aliphatic rings. The predicted octanol–water partition coefficient (Wildman–Crippen LogP) is 2.04. The molecular formula is C16H21N3O4. The van der Waals surface area contributed by atoms with Gasteiger partial charge in [0.15, 0.2) is 0 Å². The summed E-state index contributed by atoms with van der Waals surface area (Å²) in [5, 5.41) is 12.1. The first-order chi connectivity index (χ1) is 10.9. The molecule has 0 saturated heterocycles. The standard InChI is InChI=1S/C16H21N3O4/c1-19(16(14(21)22)8-3-2-4-9-16)13(20)11-6-5-7-12(10-11)18-15(17)23/h5-7,10H,2-4,8-9H2,1H3,(H,21,22)(H3,17,18,23). The molecule has 0 heterocycles. The zero-order valence-electron chi connectivity index (χ0n) is 13.0. The van der Waals surface area contributed by atoms with Gasteiger partial charge in [0.25, 0.3) is 5.91 Å². The van der Waals surface area contributed by atoms with Crippen LogP contribution in [0.4, 0.5) is 10.5 Å². The van der Waals surface area contributed by atoms with Crippen LogP contribution in [0.5, 0.6) is 0 Å². The largest absolute Gasteiger partial charge is 0.479 e. The summed E-state index contributed by atoms with van der Waals surface area (Å²) in [5.74, 6) is -1.36. The van der Waals surface area contributed by atoms with Gasteiger partial charge < -0.3 is 21.1 Å². The Labute approximate surface area is 134 Å². The smallest absolute Gasteiger partial charge is 0.329 e. The minimum Gasteiger partial charge on any atom is -0.479 e. The average molecular weight is 319 g/mol. The van der Waals surface area contributed by atoms with Crippen molar-refractivity contribution in [2.45, 2.75) is 37.6 Å². The zero-order chi connectivity index (χ0) is 17.0. The van der Waals surface area contributed by atoms with Crippen LogP contribution in [0.1, 0.15) is 42.5 Å². The lowest BCUT2D eigenvalue weighted by Gasteiger charge is -2.41. The van der Waals surface area contributed by atoms with E-state index in [1.54, 1.807) is 18.2 Å².